The third kappa shape index (κ3) is 5.67. The van der Waals surface area contributed by atoms with Crippen LogP contribution in [0, 0.1) is 5.92 Å². The van der Waals surface area contributed by atoms with Gasteiger partial charge in [0.15, 0.2) is 11.5 Å². The van der Waals surface area contributed by atoms with Crippen molar-refractivity contribution in [3.05, 3.63) is 53.6 Å². The van der Waals surface area contributed by atoms with E-state index in [9.17, 15) is 18.4 Å². The van der Waals surface area contributed by atoms with Crippen LogP contribution in [0.5, 0.6) is 11.5 Å². The Morgan fingerprint density at radius 3 is 2.32 bits per heavy atom. The number of anilines is 1. The van der Waals surface area contributed by atoms with Gasteiger partial charge in [-0.2, -0.15) is 8.78 Å². The first-order valence-corrected chi connectivity index (χ1v) is 8.61. The van der Waals surface area contributed by atoms with Crippen LogP contribution in [0.25, 0.3) is 0 Å². The van der Waals surface area contributed by atoms with Gasteiger partial charge in [0.2, 0.25) is 5.91 Å². The number of halogens is 2. The molecule has 8 heteroatoms. The summed E-state index contributed by atoms with van der Waals surface area (Å²) in [4.78, 5) is 24.1. The second-order valence-electron chi connectivity index (χ2n) is 6.24. The average Bonchev–Trinajstić information content (AvgIpc) is 2.66. The largest absolute Gasteiger partial charge is 0.493 e. The standard InChI is InChI=1S/C20H22F2N2O4/c1-12(2)18(25)24-14-9-7-13(8-10-14)11-23-19(26)15-5-4-6-16(27-3)17(15)28-20(21)22/h4-10,12,20H,11H2,1-3H3,(H,23,26)(H,24,25). The minimum atomic E-state index is -3.09. The quantitative estimate of drug-likeness (QED) is 0.716. The highest BCUT2D eigenvalue weighted by atomic mass is 19.3. The number of ether oxygens (including phenoxy) is 2. The van der Waals surface area contributed by atoms with Crippen LogP contribution in [-0.2, 0) is 11.3 Å². The zero-order valence-electron chi connectivity index (χ0n) is 15.8. The van der Waals surface area contributed by atoms with Crippen molar-refractivity contribution in [3.8, 4) is 11.5 Å². The normalized spacial score (nSPS) is 10.7. The Morgan fingerprint density at radius 2 is 1.75 bits per heavy atom. The van der Waals surface area contributed by atoms with Crippen molar-refractivity contribution in [3.63, 3.8) is 0 Å². The molecular formula is C20H22F2N2O4. The molecule has 0 spiro atoms. The van der Waals surface area contributed by atoms with Gasteiger partial charge in [0.25, 0.3) is 5.91 Å². The Morgan fingerprint density at radius 1 is 1.07 bits per heavy atom. The topological polar surface area (TPSA) is 76.7 Å². The molecule has 2 aromatic rings. The van der Waals surface area contributed by atoms with E-state index in [-0.39, 0.29) is 35.4 Å². The number of benzene rings is 2. The van der Waals surface area contributed by atoms with Gasteiger partial charge in [-0.15, -0.1) is 0 Å². The molecule has 0 unspecified atom stereocenters. The summed E-state index contributed by atoms with van der Waals surface area (Å²) in [6, 6.07) is 11.3. The average molecular weight is 392 g/mol. The summed E-state index contributed by atoms with van der Waals surface area (Å²) in [5.74, 6) is -1.08. The lowest BCUT2D eigenvalue weighted by molar-refractivity contribution is -0.118. The fourth-order valence-corrected chi connectivity index (χ4v) is 2.34. The molecule has 0 atom stereocenters. The Balaban J connectivity index is 2.05. The van der Waals surface area contributed by atoms with Gasteiger partial charge >= 0.3 is 6.61 Å². The lowest BCUT2D eigenvalue weighted by atomic mass is 10.1. The van der Waals surface area contributed by atoms with Gasteiger partial charge in [-0.25, -0.2) is 0 Å². The Bertz CT molecular complexity index is 823. The van der Waals surface area contributed by atoms with Gasteiger partial charge in [-0.1, -0.05) is 32.0 Å². The number of carbonyl (C=O) groups is 2. The molecule has 150 valence electrons. The molecule has 2 aromatic carbocycles. The lowest BCUT2D eigenvalue weighted by Crippen LogP contribution is -2.24. The fraction of sp³-hybridized carbons (Fsp3) is 0.300. The van der Waals surface area contributed by atoms with E-state index in [1.165, 1.54) is 25.3 Å². The molecule has 0 aliphatic heterocycles. The third-order valence-electron chi connectivity index (χ3n) is 3.85. The van der Waals surface area contributed by atoms with Crippen molar-refractivity contribution in [1.29, 1.82) is 0 Å². The molecule has 0 heterocycles. The molecule has 0 aliphatic carbocycles. The van der Waals surface area contributed by atoms with Crippen molar-refractivity contribution in [2.75, 3.05) is 12.4 Å². The van der Waals surface area contributed by atoms with Crippen LogP contribution >= 0.6 is 0 Å². The summed E-state index contributed by atoms with van der Waals surface area (Å²) in [7, 11) is 1.30. The van der Waals surface area contributed by atoms with Crippen LogP contribution in [0.15, 0.2) is 42.5 Å². The minimum Gasteiger partial charge on any atom is -0.493 e. The predicted molar refractivity (Wildman–Crippen MR) is 101 cm³/mol. The molecule has 2 rings (SSSR count). The molecule has 0 saturated carbocycles. The van der Waals surface area contributed by atoms with E-state index in [2.05, 4.69) is 15.4 Å². The maximum atomic E-state index is 12.7. The van der Waals surface area contributed by atoms with Crippen LogP contribution in [0.3, 0.4) is 0 Å². The number of amides is 2. The molecule has 0 saturated heterocycles. The van der Waals surface area contributed by atoms with Gasteiger partial charge in [0, 0.05) is 18.2 Å². The Labute approximate surface area is 161 Å². The summed E-state index contributed by atoms with van der Waals surface area (Å²) in [6.45, 7) is 0.674. The van der Waals surface area contributed by atoms with Crippen LogP contribution in [0.1, 0.15) is 29.8 Å². The van der Waals surface area contributed by atoms with E-state index >= 15 is 0 Å². The number of rotatable bonds is 8. The van der Waals surface area contributed by atoms with Crippen LogP contribution in [0.4, 0.5) is 14.5 Å². The maximum Gasteiger partial charge on any atom is 0.387 e. The fourth-order valence-electron chi connectivity index (χ4n) is 2.34. The molecule has 0 aromatic heterocycles. The SMILES string of the molecule is COc1cccc(C(=O)NCc2ccc(NC(=O)C(C)C)cc2)c1OC(F)F. The highest BCUT2D eigenvalue weighted by molar-refractivity contribution is 5.97. The maximum absolute atomic E-state index is 12.7. The molecule has 0 aliphatic rings. The van der Waals surface area contributed by atoms with E-state index in [1.807, 2.05) is 0 Å². The second kappa shape index (κ2) is 9.68. The number of nitrogens with one attached hydrogen (secondary N) is 2. The van der Waals surface area contributed by atoms with Crippen LogP contribution in [-0.4, -0.2) is 25.5 Å². The smallest absolute Gasteiger partial charge is 0.387 e. The number of hydrogen-bond donors (Lipinski definition) is 2. The number of carbonyl (C=O) groups excluding carboxylic acids is 2. The summed E-state index contributed by atoms with van der Waals surface area (Å²) in [6.07, 6.45) is 0. The van der Waals surface area contributed by atoms with Crippen LogP contribution < -0.4 is 20.1 Å². The first kappa shape index (κ1) is 21.1. The summed E-state index contributed by atoms with van der Waals surface area (Å²) >= 11 is 0. The van der Waals surface area contributed by atoms with Crippen molar-refractivity contribution >= 4 is 17.5 Å². The molecule has 6 nitrogen and oxygen atoms in total. The monoisotopic (exact) mass is 392 g/mol. The summed E-state index contributed by atoms with van der Waals surface area (Å²) in [5, 5.41) is 5.42. The second-order valence-corrected chi connectivity index (χ2v) is 6.24. The Kier molecular flexibility index (Phi) is 7.31. The van der Waals surface area contributed by atoms with E-state index in [4.69, 9.17) is 4.74 Å². The molecule has 0 radical (unpaired) electrons. The number of methoxy groups -OCH3 is 1. The van der Waals surface area contributed by atoms with Crippen LogP contribution in [0.2, 0.25) is 0 Å². The number of alkyl halides is 2. The molecule has 0 bridgehead atoms. The Hall–Kier alpha value is -3.16. The van der Waals surface area contributed by atoms with E-state index in [1.54, 1.807) is 38.1 Å². The van der Waals surface area contributed by atoms with Crippen molar-refractivity contribution in [2.24, 2.45) is 5.92 Å². The highest BCUT2D eigenvalue weighted by Crippen LogP contribution is 2.32. The zero-order chi connectivity index (χ0) is 20.7. The van der Waals surface area contributed by atoms with Crippen molar-refractivity contribution < 1.29 is 27.8 Å². The zero-order valence-corrected chi connectivity index (χ0v) is 15.8. The first-order valence-electron chi connectivity index (χ1n) is 8.61. The van der Waals surface area contributed by atoms with Gasteiger partial charge < -0.3 is 20.1 Å². The third-order valence-corrected chi connectivity index (χ3v) is 3.85. The molecule has 2 amide bonds. The van der Waals surface area contributed by atoms with Crippen molar-refractivity contribution in [2.45, 2.75) is 27.0 Å². The summed E-state index contributed by atoms with van der Waals surface area (Å²) < 4.78 is 34.8. The van der Waals surface area contributed by atoms with Gasteiger partial charge in [0.1, 0.15) is 0 Å². The van der Waals surface area contributed by atoms with Gasteiger partial charge in [-0.05, 0) is 29.8 Å². The summed E-state index contributed by atoms with van der Waals surface area (Å²) in [5.41, 5.74) is 1.37. The van der Waals surface area contributed by atoms with Crippen molar-refractivity contribution in [1.82, 2.24) is 5.32 Å². The number of para-hydroxylation sites is 1. The lowest BCUT2D eigenvalue weighted by Gasteiger charge is -2.14. The van der Waals surface area contributed by atoms with Gasteiger partial charge in [0.05, 0.1) is 12.7 Å². The molecule has 0 fully saturated rings. The van der Waals surface area contributed by atoms with E-state index < -0.39 is 12.5 Å². The molecule has 2 N–H and O–H groups in total. The highest BCUT2D eigenvalue weighted by Gasteiger charge is 2.20. The molecular weight excluding hydrogens is 370 g/mol. The molecule has 28 heavy (non-hydrogen) atoms. The predicted octanol–water partition coefficient (Wildman–Crippen LogP) is 3.82. The number of hydrogen-bond acceptors (Lipinski definition) is 4. The van der Waals surface area contributed by atoms with E-state index in [0.29, 0.717) is 5.69 Å². The first-order chi connectivity index (χ1) is 13.3. The minimum absolute atomic E-state index is 0.0400. The van der Waals surface area contributed by atoms with E-state index in [0.717, 1.165) is 5.56 Å². The van der Waals surface area contributed by atoms with Gasteiger partial charge in [-0.3, -0.25) is 9.59 Å².